The largest absolute Gasteiger partial charge is 0.383 e. The highest BCUT2D eigenvalue weighted by atomic mass is 16.3. The fourth-order valence-electron chi connectivity index (χ4n) is 1.45. The van der Waals surface area contributed by atoms with Crippen LogP contribution in [0.15, 0.2) is 0 Å². The first kappa shape index (κ1) is 10.5. The average molecular weight is 186 g/mol. The highest BCUT2D eigenvalue weighted by molar-refractivity contribution is 5.80. The second-order valence-corrected chi connectivity index (χ2v) is 3.35. The number of hydrogen-bond acceptors (Lipinski definition) is 3. The molecule has 4 heteroatoms. The first-order valence-corrected chi connectivity index (χ1v) is 4.93. The van der Waals surface area contributed by atoms with Crippen LogP contribution in [0.2, 0.25) is 0 Å². The smallest absolute Gasteiger partial charge is 0.251 e. The minimum absolute atomic E-state index is 0.119. The summed E-state index contributed by atoms with van der Waals surface area (Å²) >= 11 is 0. The Morgan fingerprint density at radius 1 is 1.54 bits per heavy atom. The third-order valence-electron chi connectivity index (χ3n) is 2.32. The van der Waals surface area contributed by atoms with E-state index in [0.717, 1.165) is 32.6 Å². The molecule has 1 amide bonds. The van der Waals surface area contributed by atoms with Crippen molar-refractivity contribution in [1.82, 2.24) is 10.2 Å². The Labute approximate surface area is 78.9 Å². The van der Waals surface area contributed by atoms with Crippen molar-refractivity contribution >= 4 is 5.91 Å². The number of aliphatic hydroxyl groups excluding tert-OH is 1. The van der Waals surface area contributed by atoms with Gasteiger partial charge in [0.25, 0.3) is 5.91 Å². The van der Waals surface area contributed by atoms with Crippen molar-refractivity contribution in [1.29, 1.82) is 0 Å². The van der Waals surface area contributed by atoms with E-state index >= 15 is 0 Å². The highest BCUT2D eigenvalue weighted by Crippen LogP contribution is 2.01. The van der Waals surface area contributed by atoms with Crippen molar-refractivity contribution in [3.63, 3.8) is 0 Å². The van der Waals surface area contributed by atoms with E-state index in [4.69, 9.17) is 0 Å². The topological polar surface area (TPSA) is 52.6 Å². The fourth-order valence-corrected chi connectivity index (χ4v) is 1.45. The van der Waals surface area contributed by atoms with Crippen molar-refractivity contribution in [3.8, 4) is 0 Å². The Morgan fingerprint density at radius 2 is 2.31 bits per heavy atom. The molecule has 2 N–H and O–H groups in total. The fraction of sp³-hybridized carbons (Fsp3) is 0.889. The molecule has 0 aromatic rings. The zero-order chi connectivity index (χ0) is 9.68. The third kappa shape index (κ3) is 2.97. The van der Waals surface area contributed by atoms with E-state index in [1.807, 2.05) is 6.92 Å². The molecule has 1 heterocycles. The summed E-state index contributed by atoms with van der Waals surface area (Å²) in [6.07, 6.45) is 0.670. The van der Waals surface area contributed by atoms with Gasteiger partial charge in [0.15, 0.2) is 0 Å². The van der Waals surface area contributed by atoms with Gasteiger partial charge in [-0.25, -0.2) is 0 Å². The molecule has 13 heavy (non-hydrogen) atoms. The molecule has 1 rings (SSSR count). The molecule has 0 aromatic carbocycles. The van der Waals surface area contributed by atoms with Crippen LogP contribution in [-0.2, 0) is 4.79 Å². The zero-order valence-electron chi connectivity index (χ0n) is 8.12. The van der Waals surface area contributed by atoms with Gasteiger partial charge in [-0.2, -0.15) is 0 Å². The molecule has 1 aliphatic heterocycles. The maximum atomic E-state index is 11.5. The highest BCUT2D eigenvalue weighted by Gasteiger charge is 2.20. The molecule has 1 atom stereocenters. The summed E-state index contributed by atoms with van der Waals surface area (Å²) in [5.41, 5.74) is 0. The van der Waals surface area contributed by atoms with Crippen LogP contribution in [0.4, 0.5) is 0 Å². The standard InChI is InChI=1S/C9H18N2O2/c1-2-8(12)9(13)11-6-3-4-10-5-7-11/h8,10,12H,2-7H2,1H3. The van der Waals surface area contributed by atoms with Crippen LogP contribution in [0, 0.1) is 0 Å². The number of hydrogen-bond donors (Lipinski definition) is 2. The lowest BCUT2D eigenvalue weighted by Gasteiger charge is -2.22. The molecule has 0 aromatic heterocycles. The summed E-state index contributed by atoms with van der Waals surface area (Å²) in [5, 5.41) is 12.6. The van der Waals surface area contributed by atoms with Crippen LogP contribution in [0.25, 0.3) is 0 Å². The molecule has 0 aliphatic carbocycles. The van der Waals surface area contributed by atoms with Gasteiger partial charge in [-0.05, 0) is 19.4 Å². The average Bonchev–Trinajstić information content (AvgIpc) is 2.43. The number of carbonyl (C=O) groups is 1. The maximum absolute atomic E-state index is 11.5. The van der Waals surface area contributed by atoms with Crippen LogP contribution in [-0.4, -0.2) is 48.2 Å². The van der Waals surface area contributed by atoms with Gasteiger partial charge in [0.05, 0.1) is 0 Å². The van der Waals surface area contributed by atoms with Crippen LogP contribution < -0.4 is 5.32 Å². The second-order valence-electron chi connectivity index (χ2n) is 3.35. The summed E-state index contributed by atoms with van der Waals surface area (Å²) in [5.74, 6) is -0.119. The number of rotatable bonds is 2. The van der Waals surface area contributed by atoms with Gasteiger partial charge < -0.3 is 15.3 Å². The van der Waals surface area contributed by atoms with Crippen LogP contribution in [0.1, 0.15) is 19.8 Å². The van der Waals surface area contributed by atoms with Crippen molar-refractivity contribution in [2.24, 2.45) is 0 Å². The Balaban J connectivity index is 2.43. The molecule has 1 aliphatic rings. The predicted octanol–water partition coefficient (Wildman–Crippen LogP) is -0.421. The third-order valence-corrected chi connectivity index (χ3v) is 2.32. The number of aliphatic hydroxyl groups is 1. The van der Waals surface area contributed by atoms with Gasteiger partial charge in [0.1, 0.15) is 6.10 Å². The first-order chi connectivity index (χ1) is 6.25. The molecule has 0 saturated carbocycles. The number of nitrogens with one attached hydrogen (secondary N) is 1. The van der Waals surface area contributed by atoms with E-state index in [-0.39, 0.29) is 5.91 Å². The van der Waals surface area contributed by atoms with E-state index in [0.29, 0.717) is 6.42 Å². The van der Waals surface area contributed by atoms with Crippen molar-refractivity contribution < 1.29 is 9.90 Å². The molecule has 0 bridgehead atoms. The lowest BCUT2D eigenvalue weighted by atomic mass is 10.2. The van der Waals surface area contributed by atoms with Crippen molar-refractivity contribution in [3.05, 3.63) is 0 Å². The lowest BCUT2D eigenvalue weighted by Crippen LogP contribution is -2.40. The molecule has 1 unspecified atom stereocenters. The molecular weight excluding hydrogens is 168 g/mol. The second kappa shape index (κ2) is 5.19. The normalized spacial score (nSPS) is 20.9. The molecule has 0 spiro atoms. The quantitative estimate of drug-likeness (QED) is 0.616. The Bertz CT molecular complexity index is 165. The summed E-state index contributed by atoms with van der Waals surface area (Å²) in [6.45, 7) is 5.10. The Kier molecular flexibility index (Phi) is 4.18. The summed E-state index contributed by atoms with van der Waals surface area (Å²) in [6, 6.07) is 0. The first-order valence-electron chi connectivity index (χ1n) is 4.93. The molecule has 76 valence electrons. The van der Waals surface area contributed by atoms with Gasteiger partial charge in [-0.3, -0.25) is 4.79 Å². The van der Waals surface area contributed by atoms with E-state index in [1.165, 1.54) is 0 Å². The van der Waals surface area contributed by atoms with Crippen molar-refractivity contribution in [2.75, 3.05) is 26.2 Å². The van der Waals surface area contributed by atoms with Crippen LogP contribution in [0.3, 0.4) is 0 Å². The molecule has 4 nitrogen and oxygen atoms in total. The van der Waals surface area contributed by atoms with Gasteiger partial charge in [-0.15, -0.1) is 0 Å². The monoisotopic (exact) mass is 186 g/mol. The van der Waals surface area contributed by atoms with E-state index in [2.05, 4.69) is 5.32 Å². The lowest BCUT2D eigenvalue weighted by molar-refractivity contribution is -0.140. The summed E-state index contributed by atoms with van der Waals surface area (Å²) < 4.78 is 0. The summed E-state index contributed by atoms with van der Waals surface area (Å²) in [4.78, 5) is 13.3. The van der Waals surface area contributed by atoms with Crippen LogP contribution in [0.5, 0.6) is 0 Å². The van der Waals surface area contributed by atoms with E-state index in [1.54, 1.807) is 4.90 Å². The van der Waals surface area contributed by atoms with Gasteiger partial charge in [0, 0.05) is 19.6 Å². The molecule has 1 saturated heterocycles. The SMILES string of the molecule is CCC(O)C(=O)N1CCCNCC1. The number of amides is 1. The summed E-state index contributed by atoms with van der Waals surface area (Å²) in [7, 11) is 0. The minimum Gasteiger partial charge on any atom is -0.383 e. The minimum atomic E-state index is -0.807. The number of nitrogens with zero attached hydrogens (tertiary/aromatic N) is 1. The van der Waals surface area contributed by atoms with Crippen LogP contribution >= 0.6 is 0 Å². The van der Waals surface area contributed by atoms with E-state index < -0.39 is 6.10 Å². The van der Waals surface area contributed by atoms with Crippen molar-refractivity contribution in [2.45, 2.75) is 25.9 Å². The Hall–Kier alpha value is -0.610. The number of carbonyl (C=O) groups excluding carboxylic acids is 1. The molecular formula is C9H18N2O2. The predicted molar refractivity (Wildman–Crippen MR) is 50.4 cm³/mol. The van der Waals surface area contributed by atoms with Gasteiger partial charge in [0.2, 0.25) is 0 Å². The maximum Gasteiger partial charge on any atom is 0.251 e. The van der Waals surface area contributed by atoms with Gasteiger partial charge in [-0.1, -0.05) is 6.92 Å². The van der Waals surface area contributed by atoms with Gasteiger partial charge >= 0.3 is 0 Å². The molecule has 0 radical (unpaired) electrons. The molecule has 1 fully saturated rings. The Morgan fingerprint density at radius 3 is 3.00 bits per heavy atom. The zero-order valence-corrected chi connectivity index (χ0v) is 8.12. The van der Waals surface area contributed by atoms with E-state index in [9.17, 15) is 9.90 Å².